The van der Waals surface area contributed by atoms with Gasteiger partial charge in [-0.05, 0) is 31.9 Å². The average Bonchev–Trinajstić information content (AvgIpc) is 3.03. The van der Waals surface area contributed by atoms with Crippen LogP contribution in [-0.4, -0.2) is 30.6 Å². The van der Waals surface area contributed by atoms with Gasteiger partial charge in [-0.2, -0.15) is 0 Å². The summed E-state index contributed by atoms with van der Waals surface area (Å²) >= 11 is 0. The molecule has 1 heterocycles. The molecule has 1 aromatic heterocycles. The summed E-state index contributed by atoms with van der Waals surface area (Å²) in [5.41, 5.74) is 0.855. The molecule has 3 rings (SSSR count). The van der Waals surface area contributed by atoms with Crippen LogP contribution in [0.15, 0.2) is 34.7 Å². The van der Waals surface area contributed by atoms with E-state index in [1.54, 1.807) is 4.90 Å². The normalized spacial score (nSPS) is 17.3. The Kier molecular flexibility index (Phi) is 5.01. The molecule has 1 aromatic carbocycles. The first kappa shape index (κ1) is 16.1. The molecular weight excluding hydrogens is 290 g/mol. The van der Waals surface area contributed by atoms with Crippen molar-refractivity contribution in [2.75, 3.05) is 13.7 Å². The van der Waals surface area contributed by atoms with E-state index in [1.807, 2.05) is 44.3 Å². The number of amides is 1. The molecule has 4 heteroatoms. The molecule has 0 bridgehead atoms. The Morgan fingerprint density at radius 1 is 1.30 bits per heavy atom. The molecule has 1 saturated carbocycles. The molecule has 23 heavy (non-hydrogen) atoms. The average molecular weight is 315 g/mol. The number of likely N-dealkylation sites (N-methyl/N-ethyl adjacent to an activating group) is 1. The Labute approximate surface area is 137 Å². The summed E-state index contributed by atoms with van der Waals surface area (Å²) in [5, 5.41) is 1.06. The van der Waals surface area contributed by atoms with Crippen LogP contribution in [0, 0.1) is 0 Å². The molecule has 1 atom stereocenters. The van der Waals surface area contributed by atoms with Crippen molar-refractivity contribution in [3.05, 3.63) is 36.1 Å². The molecule has 124 valence electrons. The van der Waals surface area contributed by atoms with Gasteiger partial charge in [-0.15, -0.1) is 0 Å². The molecule has 0 N–H and O–H groups in total. The van der Waals surface area contributed by atoms with Gasteiger partial charge < -0.3 is 14.1 Å². The topological polar surface area (TPSA) is 42.7 Å². The third-order valence-electron chi connectivity index (χ3n) is 4.83. The zero-order valence-electron chi connectivity index (χ0n) is 14.0. The number of benzene rings is 1. The van der Waals surface area contributed by atoms with Gasteiger partial charge in [-0.25, -0.2) is 0 Å². The quantitative estimate of drug-likeness (QED) is 0.826. The summed E-state index contributed by atoms with van der Waals surface area (Å²) in [5.74, 6) is 0.809. The Bertz CT molecular complexity index is 624. The SMILES string of the molecule is CC(c1cc2ccccc2o1)N(C)C(=O)COC1CCCCC1. The summed E-state index contributed by atoms with van der Waals surface area (Å²) in [4.78, 5) is 14.1. The molecule has 1 fully saturated rings. The first-order valence-electron chi connectivity index (χ1n) is 8.51. The Morgan fingerprint density at radius 2 is 2.04 bits per heavy atom. The summed E-state index contributed by atoms with van der Waals surface area (Å²) in [7, 11) is 1.81. The molecule has 1 aliphatic carbocycles. The lowest BCUT2D eigenvalue weighted by Gasteiger charge is -2.26. The zero-order chi connectivity index (χ0) is 16.2. The molecule has 2 aromatic rings. The van der Waals surface area contributed by atoms with Crippen molar-refractivity contribution in [2.24, 2.45) is 0 Å². The number of ether oxygens (including phenoxy) is 1. The monoisotopic (exact) mass is 315 g/mol. The molecule has 1 amide bonds. The van der Waals surface area contributed by atoms with E-state index < -0.39 is 0 Å². The van der Waals surface area contributed by atoms with Crippen molar-refractivity contribution in [1.29, 1.82) is 0 Å². The summed E-state index contributed by atoms with van der Waals surface area (Å²) in [6.45, 7) is 2.14. The number of nitrogens with zero attached hydrogens (tertiary/aromatic N) is 1. The van der Waals surface area contributed by atoms with E-state index in [9.17, 15) is 4.79 Å². The fourth-order valence-electron chi connectivity index (χ4n) is 3.14. The molecule has 0 saturated heterocycles. The van der Waals surface area contributed by atoms with Crippen LogP contribution in [-0.2, 0) is 9.53 Å². The van der Waals surface area contributed by atoms with Gasteiger partial charge >= 0.3 is 0 Å². The predicted molar refractivity (Wildman–Crippen MR) is 90.2 cm³/mol. The summed E-state index contributed by atoms with van der Waals surface area (Å²) in [6.07, 6.45) is 6.12. The maximum absolute atomic E-state index is 12.4. The highest BCUT2D eigenvalue weighted by atomic mass is 16.5. The third kappa shape index (κ3) is 3.75. The van der Waals surface area contributed by atoms with Crippen LogP contribution in [0.1, 0.15) is 50.8 Å². The van der Waals surface area contributed by atoms with Gasteiger partial charge in [0.1, 0.15) is 18.0 Å². The van der Waals surface area contributed by atoms with E-state index in [1.165, 1.54) is 19.3 Å². The van der Waals surface area contributed by atoms with Gasteiger partial charge in [-0.3, -0.25) is 4.79 Å². The second kappa shape index (κ2) is 7.18. The Morgan fingerprint density at radius 3 is 2.78 bits per heavy atom. The van der Waals surface area contributed by atoms with Gasteiger partial charge in [0.05, 0.1) is 12.1 Å². The standard InChI is InChI=1S/C19H25NO3/c1-14(18-12-15-8-6-7-11-17(15)23-18)20(2)19(21)13-22-16-9-4-3-5-10-16/h6-8,11-12,14,16H,3-5,9-10,13H2,1-2H3. The molecule has 0 spiro atoms. The molecule has 4 nitrogen and oxygen atoms in total. The van der Waals surface area contributed by atoms with Gasteiger partial charge in [0.2, 0.25) is 5.91 Å². The smallest absolute Gasteiger partial charge is 0.248 e. The molecule has 1 aliphatic rings. The lowest BCUT2D eigenvalue weighted by atomic mass is 9.98. The van der Waals surface area contributed by atoms with Crippen molar-refractivity contribution in [1.82, 2.24) is 4.90 Å². The maximum Gasteiger partial charge on any atom is 0.248 e. The van der Waals surface area contributed by atoms with Crippen LogP contribution in [0.4, 0.5) is 0 Å². The van der Waals surface area contributed by atoms with Gasteiger partial charge in [0, 0.05) is 12.4 Å². The number of carbonyl (C=O) groups excluding carboxylic acids is 1. The van der Waals surface area contributed by atoms with E-state index in [0.717, 1.165) is 29.6 Å². The van der Waals surface area contributed by atoms with Crippen molar-refractivity contribution in [3.8, 4) is 0 Å². The largest absolute Gasteiger partial charge is 0.459 e. The first-order chi connectivity index (χ1) is 11.1. The van der Waals surface area contributed by atoms with Gasteiger partial charge in [0.15, 0.2) is 0 Å². The van der Waals surface area contributed by atoms with Crippen LogP contribution in [0.3, 0.4) is 0 Å². The van der Waals surface area contributed by atoms with Crippen LogP contribution < -0.4 is 0 Å². The Hall–Kier alpha value is -1.81. The molecule has 0 aliphatic heterocycles. The number of hydrogen-bond acceptors (Lipinski definition) is 3. The summed E-state index contributed by atoms with van der Waals surface area (Å²) in [6, 6.07) is 9.80. The van der Waals surface area contributed by atoms with Gasteiger partial charge in [0.25, 0.3) is 0 Å². The fourth-order valence-corrected chi connectivity index (χ4v) is 3.14. The number of carbonyl (C=O) groups is 1. The number of rotatable bonds is 5. The van der Waals surface area contributed by atoms with E-state index in [2.05, 4.69) is 0 Å². The first-order valence-corrected chi connectivity index (χ1v) is 8.51. The van der Waals surface area contributed by atoms with Crippen molar-refractivity contribution >= 4 is 16.9 Å². The zero-order valence-corrected chi connectivity index (χ0v) is 14.0. The van der Waals surface area contributed by atoms with Crippen molar-refractivity contribution in [2.45, 2.75) is 51.2 Å². The maximum atomic E-state index is 12.4. The second-order valence-electron chi connectivity index (χ2n) is 6.44. The highest BCUT2D eigenvalue weighted by molar-refractivity contribution is 5.79. The summed E-state index contributed by atoms with van der Waals surface area (Å²) < 4.78 is 11.6. The highest BCUT2D eigenvalue weighted by Gasteiger charge is 2.22. The minimum Gasteiger partial charge on any atom is -0.459 e. The van der Waals surface area contributed by atoms with Crippen LogP contribution in [0.5, 0.6) is 0 Å². The minimum absolute atomic E-state index is 0.00327. The third-order valence-corrected chi connectivity index (χ3v) is 4.83. The number of fused-ring (bicyclic) bond motifs is 1. The number of furan rings is 1. The van der Waals surface area contributed by atoms with Gasteiger partial charge in [-0.1, -0.05) is 37.5 Å². The minimum atomic E-state index is -0.107. The lowest BCUT2D eigenvalue weighted by molar-refractivity contribution is -0.139. The molecule has 0 radical (unpaired) electrons. The Balaban J connectivity index is 1.59. The molecular formula is C19H25NO3. The van der Waals surface area contributed by atoms with E-state index in [-0.39, 0.29) is 24.7 Å². The van der Waals surface area contributed by atoms with E-state index in [4.69, 9.17) is 9.15 Å². The van der Waals surface area contributed by atoms with Crippen LogP contribution in [0.2, 0.25) is 0 Å². The van der Waals surface area contributed by atoms with Crippen LogP contribution in [0.25, 0.3) is 11.0 Å². The van der Waals surface area contributed by atoms with E-state index >= 15 is 0 Å². The number of hydrogen-bond donors (Lipinski definition) is 0. The van der Waals surface area contributed by atoms with Crippen molar-refractivity contribution < 1.29 is 13.9 Å². The lowest BCUT2D eigenvalue weighted by Crippen LogP contribution is -2.34. The molecule has 1 unspecified atom stereocenters. The number of para-hydroxylation sites is 1. The highest BCUT2D eigenvalue weighted by Crippen LogP contribution is 2.27. The predicted octanol–water partition coefficient (Wildman–Crippen LogP) is 4.30. The second-order valence-corrected chi connectivity index (χ2v) is 6.44. The fraction of sp³-hybridized carbons (Fsp3) is 0.526. The van der Waals surface area contributed by atoms with E-state index in [0.29, 0.717) is 0 Å². The van der Waals surface area contributed by atoms with Crippen LogP contribution >= 0.6 is 0 Å². The van der Waals surface area contributed by atoms with Crippen molar-refractivity contribution in [3.63, 3.8) is 0 Å².